The quantitative estimate of drug-likeness (QED) is 0.598. The zero-order valence-electron chi connectivity index (χ0n) is 17.4. The van der Waals surface area contributed by atoms with Crippen molar-refractivity contribution in [2.24, 2.45) is 0 Å². The lowest BCUT2D eigenvalue weighted by Crippen LogP contribution is -2.57. The lowest BCUT2D eigenvalue weighted by molar-refractivity contribution is -0.124. The van der Waals surface area contributed by atoms with Crippen molar-refractivity contribution < 1.29 is 14.3 Å². The van der Waals surface area contributed by atoms with E-state index in [4.69, 9.17) is 9.47 Å². The van der Waals surface area contributed by atoms with E-state index >= 15 is 0 Å². The Bertz CT molecular complexity index is 1100. The molecule has 0 saturated carbocycles. The first-order chi connectivity index (χ1) is 14.5. The standard InChI is InChI=1S/C22H25N5O3/c1-12-6-5-7-15-13(2)23-21(26-20(12)15)27-22-24-16(11-19(28)25-22)14-8-9-17(29-3)18(10-14)30-4/h5-10,16,22,24H,11H2,1-4H3,(H,25,28)(H,23,26,27). The summed E-state index contributed by atoms with van der Waals surface area (Å²) in [5.74, 6) is 1.66. The minimum atomic E-state index is -0.509. The van der Waals surface area contributed by atoms with E-state index in [0.29, 0.717) is 23.9 Å². The molecule has 1 aliphatic rings. The van der Waals surface area contributed by atoms with E-state index in [1.807, 2.05) is 50.2 Å². The van der Waals surface area contributed by atoms with Gasteiger partial charge in [-0.05, 0) is 37.1 Å². The van der Waals surface area contributed by atoms with Crippen molar-refractivity contribution in [3.8, 4) is 11.5 Å². The zero-order chi connectivity index (χ0) is 21.3. The lowest BCUT2D eigenvalue weighted by atomic mass is 10.0. The molecule has 1 saturated heterocycles. The fourth-order valence-corrected chi connectivity index (χ4v) is 3.71. The van der Waals surface area contributed by atoms with Crippen LogP contribution in [0, 0.1) is 13.8 Å². The summed E-state index contributed by atoms with van der Waals surface area (Å²) < 4.78 is 10.7. The number of methoxy groups -OCH3 is 2. The second kappa shape index (κ2) is 8.16. The second-order valence-corrected chi connectivity index (χ2v) is 7.29. The number of hydrogen-bond acceptors (Lipinski definition) is 7. The van der Waals surface area contributed by atoms with Crippen LogP contribution < -0.4 is 25.4 Å². The van der Waals surface area contributed by atoms with Gasteiger partial charge in [0.1, 0.15) is 0 Å². The number of carbonyl (C=O) groups is 1. The van der Waals surface area contributed by atoms with Crippen molar-refractivity contribution >= 4 is 22.8 Å². The fraction of sp³-hybridized carbons (Fsp3) is 0.318. The summed E-state index contributed by atoms with van der Waals surface area (Å²) in [7, 11) is 3.19. The number of nitrogens with zero attached hydrogens (tertiary/aromatic N) is 2. The molecule has 2 unspecified atom stereocenters. The van der Waals surface area contributed by atoms with Gasteiger partial charge in [0.2, 0.25) is 11.9 Å². The van der Waals surface area contributed by atoms with Gasteiger partial charge < -0.3 is 20.1 Å². The Morgan fingerprint density at radius 2 is 1.87 bits per heavy atom. The number of hydrogen-bond donors (Lipinski definition) is 3. The normalized spacial score (nSPS) is 18.7. The third-order valence-corrected chi connectivity index (χ3v) is 5.26. The third-order valence-electron chi connectivity index (χ3n) is 5.26. The summed E-state index contributed by atoms with van der Waals surface area (Å²) in [5, 5.41) is 10.5. The van der Waals surface area contributed by atoms with Crippen LogP contribution in [0.4, 0.5) is 5.95 Å². The van der Waals surface area contributed by atoms with Crippen LogP contribution in [-0.2, 0) is 4.79 Å². The van der Waals surface area contributed by atoms with Gasteiger partial charge in [0, 0.05) is 17.8 Å². The summed E-state index contributed by atoms with van der Waals surface area (Å²) in [4.78, 5) is 21.6. The van der Waals surface area contributed by atoms with Gasteiger partial charge in [-0.15, -0.1) is 0 Å². The minimum absolute atomic E-state index is 0.0697. The molecule has 4 rings (SSSR count). The average Bonchev–Trinajstić information content (AvgIpc) is 2.73. The molecule has 1 amide bonds. The van der Waals surface area contributed by atoms with Gasteiger partial charge in [0.15, 0.2) is 17.8 Å². The third kappa shape index (κ3) is 3.86. The molecule has 8 nitrogen and oxygen atoms in total. The molecular formula is C22H25N5O3. The van der Waals surface area contributed by atoms with E-state index in [9.17, 15) is 4.79 Å². The lowest BCUT2D eigenvalue weighted by Gasteiger charge is -2.32. The number of rotatable bonds is 5. The fourth-order valence-electron chi connectivity index (χ4n) is 3.71. The van der Waals surface area contributed by atoms with Gasteiger partial charge >= 0.3 is 0 Å². The Hall–Kier alpha value is -3.39. The maximum atomic E-state index is 12.4. The highest BCUT2D eigenvalue weighted by Gasteiger charge is 2.28. The maximum Gasteiger partial charge on any atom is 0.226 e. The van der Waals surface area contributed by atoms with Gasteiger partial charge in [-0.3, -0.25) is 10.1 Å². The summed E-state index contributed by atoms with van der Waals surface area (Å²) in [6.45, 7) is 3.97. The summed E-state index contributed by atoms with van der Waals surface area (Å²) in [6, 6.07) is 11.5. The van der Waals surface area contributed by atoms with Gasteiger partial charge in [-0.2, -0.15) is 0 Å². The molecule has 30 heavy (non-hydrogen) atoms. The highest BCUT2D eigenvalue weighted by molar-refractivity contribution is 5.84. The van der Waals surface area contributed by atoms with E-state index in [1.54, 1.807) is 14.2 Å². The number of para-hydroxylation sites is 1. The van der Waals surface area contributed by atoms with Crippen molar-refractivity contribution in [3.05, 3.63) is 53.2 Å². The molecule has 2 aromatic carbocycles. The van der Waals surface area contributed by atoms with Crippen LogP contribution in [0.25, 0.3) is 10.9 Å². The molecule has 0 aliphatic carbocycles. The number of carbonyl (C=O) groups excluding carboxylic acids is 1. The van der Waals surface area contributed by atoms with Crippen molar-refractivity contribution in [2.45, 2.75) is 32.6 Å². The van der Waals surface area contributed by atoms with Gasteiger partial charge in [-0.25, -0.2) is 9.97 Å². The highest BCUT2D eigenvalue weighted by Crippen LogP contribution is 2.31. The smallest absolute Gasteiger partial charge is 0.226 e. The molecule has 1 fully saturated rings. The Kier molecular flexibility index (Phi) is 5.41. The average molecular weight is 407 g/mol. The van der Waals surface area contributed by atoms with Crippen molar-refractivity contribution in [1.29, 1.82) is 0 Å². The van der Waals surface area contributed by atoms with Crippen molar-refractivity contribution in [2.75, 3.05) is 19.5 Å². The minimum Gasteiger partial charge on any atom is -0.493 e. The van der Waals surface area contributed by atoms with Gasteiger partial charge in [0.05, 0.1) is 25.4 Å². The number of anilines is 1. The summed E-state index contributed by atoms with van der Waals surface area (Å²) >= 11 is 0. The predicted molar refractivity (Wildman–Crippen MR) is 115 cm³/mol. The molecule has 2 heterocycles. The highest BCUT2D eigenvalue weighted by atomic mass is 16.5. The van der Waals surface area contributed by atoms with Crippen LogP contribution in [-0.4, -0.2) is 36.4 Å². The largest absolute Gasteiger partial charge is 0.493 e. The molecule has 3 N–H and O–H groups in total. The molecule has 0 radical (unpaired) electrons. The first kappa shape index (κ1) is 19.9. The Labute approximate surface area is 175 Å². The number of aromatic nitrogens is 2. The number of aryl methyl sites for hydroxylation is 2. The second-order valence-electron chi connectivity index (χ2n) is 7.29. The van der Waals surface area contributed by atoms with Crippen LogP contribution >= 0.6 is 0 Å². The monoisotopic (exact) mass is 407 g/mol. The maximum absolute atomic E-state index is 12.4. The molecular weight excluding hydrogens is 382 g/mol. The molecule has 1 aliphatic heterocycles. The van der Waals surface area contributed by atoms with Gasteiger partial charge in [0.25, 0.3) is 0 Å². The van der Waals surface area contributed by atoms with Crippen LogP contribution in [0.1, 0.15) is 29.3 Å². The molecule has 2 atom stereocenters. The van der Waals surface area contributed by atoms with Crippen LogP contribution in [0.5, 0.6) is 11.5 Å². The Balaban J connectivity index is 1.58. The SMILES string of the molecule is COc1ccc(C2CC(=O)NC(Nc3nc(C)c4cccc(C)c4n3)N2)cc1OC. The topological polar surface area (TPSA) is 97.4 Å². The Morgan fingerprint density at radius 3 is 2.63 bits per heavy atom. The van der Waals surface area contributed by atoms with E-state index in [1.165, 1.54) is 0 Å². The van der Waals surface area contributed by atoms with Crippen LogP contribution in [0.3, 0.4) is 0 Å². The molecule has 8 heteroatoms. The molecule has 0 spiro atoms. The van der Waals surface area contributed by atoms with E-state index in [0.717, 1.165) is 27.7 Å². The first-order valence-electron chi connectivity index (χ1n) is 9.76. The number of benzene rings is 2. The number of ether oxygens (including phenoxy) is 2. The van der Waals surface area contributed by atoms with Crippen molar-refractivity contribution in [3.63, 3.8) is 0 Å². The summed E-state index contributed by atoms with van der Waals surface area (Å²) in [5.41, 5.74) is 3.78. The molecule has 156 valence electrons. The molecule has 3 aromatic rings. The molecule has 1 aromatic heterocycles. The predicted octanol–water partition coefficient (Wildman–Crippen LogP) is 2.81. The van der Waals surface area contributed by atoms with Crippen molar-refractivity contribution in [1.82, 2.24) is 20.6 Å². The first-order valence-corrected chi connectivity index (χ1v) is 9.76. The van der Waals surface area contributed by atoms with Crippen LogP contribution in [0.2, 0.25) is 0 Å². The van der Waals surface area contributed by atoms with E-state index < -0.39 is 6.29 Å². The van der Waals surface area contributed by atoms with Crippen LogP contribution in [0.15, 0.2) is 36.4 Å². The number of nitrogens with one attached hydrogen (secondary N) is 3. The summed E-state index contributed by atoms with van der Waals surface area (Å²) in [6.07, 6.45) is -0.199. The zero-order valence-corrected chi connectivity index (χ0v) is 17.4. The van der Waals surface area contributed by atoms with Gasteiger partial charge in [-0.1, -0.05) is 24.3 Å². The number of fused-ring (bicyclic) bond motifs is 1. The Morgan fingerprint density at radius 1 is 1.07 bits per heavy atom. The van der Waals surface area contributed by atoms with E-state index in [2.05, 4.69) is 25.9 Å². The molecule has 0 bridgehead atoms. The van der Waals surface area contributed by atoms with E-state index in [-0.39, 0.29) is 11.9 Å². The number of amides is 1.